The van der Waals surface area contributed by atoms with Crippen molar-refractivity contribution in [3.05, 3.63) is 72.2 Å². The highest BCUT2D eigenvalue weighted by Crippen LogP contribution is 2.23. The van der Waals surface area contributed by atoms with E-state index in [9.17, 15) is 4.79 Å². The Hall–Kier alpha value is -3.74. The highest BCUT2D eigenvalue weighted by Gasteiger charge is 2.22. The number of nitrogens with zero attached hydrogens (tertiary/aromatic N) is 4. The Morgan fingerprint density at radius 1 is 1.20 bits per heavy atom. The van der Waals surface area contributed by atoms with Crippen molar-refractivity contribution in [2.75, 3.05) is 18.0 Å². The molecule has 0 aliphatic carbocycles. The number of rotatable bonds is 6. The zero-order valence-corrected chi connectivity index (χ0v) is 16.5. The lowest BCUT2D eigenvalue weighted by Crippen LogP contribution is -2.20. The van der Waals surface area contributed by atoms with Crippen molar-refractivity contribution < 1.29 is 9.90 Å². The van der Waals surface area contributed by atoms with Gasteiger partial charge in [0.2, 0.25) is 0 Å². The molecule has 0 bridgehead atoms. The molecule has 152 valence electrons. The van der Waals surface area contributed by atoms with Crippen molar-refractivity contribution in [3.8, 4) is 0 Å². The molecule has 1 unspecified atom stereocenters. The van der Waals surface area contributed by atoms with Gasteiger partial charge in [-0.05, 0) is 36.2 Å². The minimum Gasteiger partial charge on any atom is -0.481 e. The summed E-state index contributed by atoms with van der Waals surface area (Å²) in [4.78, 5) is 26.9. The van der Waals surface area contributed by atoms with E-state index in [4.69, 9.17) is 15.8 Å². The molecule has 30 heavy (non-hydrogen) atoms. The number of hydrogen-bond acceptors (Lipinski definition) is 6. The average Bonchev–Trinajstić information content (AvgIpc) is 3.23. The van der Waals surface area contributed by atoms with E-state index in [1.54, 1.807) is 12.4 Å². The highest BCUT2D eigenvalue weighted by molar-refractivity contribution is 6.09. The minimum atomic E-state index is -0.821. The van der Waals surface area contributed by atoms with Crippen LogP contribution in [0.5, 0.6) is 0 Å². The van der Waals surface area contributed by atoms with Gasteiger partial charge in [-0.1, -0.05) is 24.3 Å². The number of allylic oxidation sites excluding steroid dienone is 1. The molecule has 0 spiro atoms. The predicted molar refractivity (Wildman–Crippen MR) is 119 cm³/mol. The summed E-state index contributed by atoms with van der Waals surface area (Å²) in [5.74, 6) is -0.821. The molecule has 1 fully saturated rings. The highest BCUT2D eigenvalue weighted by atomic mass is 16.4. The Kier molecular flexibility index (Phi) is 5.70. The molecule has 7 heteroatoms. The van der Waals surface area contributed by atoms with Crippen LogP contribution in [-0.2, 0) is 11.2 Å². The van der Waals surface area contributed by atoms with E-state index < -0.39 is 5.97 Å². The van der Waals surface area contributed by atoms with E-state index >= 15 is 0 Å². The van der Waals surface area contributed by atoms with E-state index in [0.717, 1.165) is 47.4 Å². The Balaban J connectivity index is 1.41. The topological polar surface area (TPSA) is 105 Å². The van der Waals surface area contributed by atoms with E-state index in [2.05, 4.69) is 14.9 Å². The zero-order valence-electron chi connectivity index (χ0n) is 16.5. The normalized spacial score (nSPS) is 17.1. The van der Waals surface area contributed by atoms with Crippen molar-refractivity contribution >= 4 is 34.5 Å². The second-order valence-corrected chi connectivity index (χ2v) is 7.27. The van der Waals surface area contributed by atoms with Crippen LogP contribution in [0.15, 0.2) is 65.9 Å². The van der Waals surface area contributed by atoms with Gasteiger partial charge in [0, 0.05) is 36.8 Å². The van der Waals surface area contributed by atoms with Crippen molar-refractivity contribution in [2.24, 2.45) is 10.7 Å². The van der Waals surface area contributed by atoms with Crippen molar-refractivity contribution in [1.29, 1.82) is 0 Å². The van der Waals surface area contributed by atoms with Gasteiger partial charge in [0.15, 0.2) is 0 Å². The lowest BCUT2D eigenvalue weighted by atomic mass is 10.1. The third-order valence-electron chi connectivity index (χ3n) is 5.17. The first kappa shape index (κ1) is 19.6. The SMILES string of the molecule is NC=C(C=NC1CCN(c2ccc(CC(=O)O)cc2)C1)c1cnc2ccccc2n1. The molecule has 7 nitrogen and oxygen atoms in total. The second kappa shape index (κ2) is 8.73. The Labute approximate surface area is 174 Å². The molecule has 1 aliphatic heterocycles. The Bertz CT molecular complexity index is 1110. The minimum absolute atomic E-state index is 0.0407. The van der Waals surface area contributed by atoms with Crippen LogP contribution in [0.4, 0.5) is 5.69 Å². The lowest BCUT2D eigenvalue weighted by molar-refractivity contribution is -0.136. The second-order valence-electron chi connectivity index (χ2n) is 7.27. The molecule has 2 aromatic carbocycles. The van der Waals surface area contributed by atoms with Gasteiger partial charge in [-0.25, -0.2) is 4.98 Å². The number of carboxylic acid groups (broad SMARTS) is 1. The largest absolute Gasteiger partial charge is 0.481 e. The van der Waals surface area contributed by atoms with Crippen LogP contribution in [0, 0.1) is 0 Å². The quantitative estimate of drug-likeness (QED) is 0.616. The summed E-state index contributed by atoms with van der Waals surface area (Å²) in [6, 6.07) is 15.6. The molecule has 3 aromatic rings. The first-order valence-electron chi connectivity index (χ1n) is 9.85. The summed E-state index contributed by atoms with van der Waals surface area (Å²) in [5.41, 5.74) is 10.8. The number of carbonyl (C=O) groups is 1. The van der Waals surface area contributed by atoms with Gasteiger partial charge in [-0.2, -0.15) is 0 Å². The maximum Gasteiger partial charge on any atom is 0.307 e. The smallest absolute Gasteiger partial charge is 0.307 e. The summed E-state index contributed by atoms with van der Waals surface area (Å²) >= 11 is 0. The number of carboxylic acids is 1. The first-order chi connectivity index (χ1) is 14.6. The number of aliphatic imine (C=N–C) groups is 1. The number of benzene rings is 2. The number of anilines is 1. The molecular weight excluding hydrogens is 378 g/mol. The molecule has 4 rings (SSSR count). The van der Waals surface area contributed by atoms with Crippen LogP contribution in [0.25, 0.3) is 16.6 Å². The monoisotopic (exact) mass is 401 g/mol. The van der Waals surface area contributed by atoms with E-state index in [1.807, 2.05) is 48.5 Å². The van der Waals surface area contributed by atoms with Crippen molar-refractivity contribution in [1.82, 2.24) is 9.97 Å². The standard InChI is InChI=1S/C23H23N5O2/c24-12-17(22-14-26-20-3-1-2-4-21(20)27-22)13-25-18-9-10-28(15-18)19-7-5-16(6-8-19)11-23(29)30/h1-8,12-14,18H,9-11,15,24H2,(H,29,30). The summed E-state index contributed by atoms with van der Waals surface area (Å²) in [6.07, 6.45) is 5.99. The van der Waals surface area contributed by atoms with Gasteiger partial charge in [0.05, 0.1) is 35.4 Å². The fraction of sp³-hybridized carbons (Fsp3) is 0.217. The number of nitrogens with two attached hydrogens (primary N) is 1. The fourth-order valence-corrected chi connectivity index (χ4v) is 3.57. The fourth-order valence-electron chi connectivity index (χ4n) is 3.57. The van der Waals surface area contributed by atoms with Crippen LogP contribution in [0.3, 0.4) is 0 Å². The van der Waals surface area contributed by atoms with E-state index in [1.165, 1.54) is 6.20 Å². The van der Waals surface area contributed by atoms with Crippen molar-refractivity contribution in [3.63, 3.8) is 0 Å². The Morgan fingerprint density at radius 3 is 2.70 bits per heavy atom. The van der Waals surface area contributed by atoms with Gasteiger partial charge in [0.1, 0.15) is 0 Å². The predicted octanol–water partition coefficient (Wildman–Crippen LogP) is 2.91. The van der Waals surface area contributed by atoms with Gasteiger partial charge in [-0.15, -0.1) is 0 Å². The summed E-state index contributed by atoms with van der Waals surface area (Å²) in [5, 5.41) is 8.89. The van der Waals surface area contributed by atoms with Gasteiger partial charge < -0.3 is 15.7 Å². The molecule has 1 atom stereocenters. The molecule has 2 heterocycles. The summed E-state index contributed by atoms with van der Waals surface area (Å²) in [7, 11) is 0. The third kappa shape index (κ3) is 4.46. The van der Waals surface area contributed by atoms with Crippen molar-refractivity contribution in [2.45, 2.75) is 18.9 Å². The number of fused-ring (bicyclic) bond motifs is 1. The van der Waals surface area contributed by atoms with Crippen LogP contribution < -0.4 is 10.6 Å². The zero-order chi connectivity index (χ0) is 20.9. The summed E-state index contributed by atoms with van der Waals surface area (Å²) in [6.45, 7) is 1.70. The van der Waals surface area contributed by atoms with Gasteiger partial charge in [0.25, 0.3) is 0 Å². The van der Waals surface area contributed by atoms with E-state index in [0.29, 0.717) is 5.69 Å². The third-order valence-corrected chi connectivity index (χ3v) is 5.17. The molecular formula is C23H23N5O2. The van der Waals surface area contributed by atoms with Crippen LogP contribution in [0.2, 0.25) is 0 Å². The number of aliphatic carboxylic acids is 1. The lowest BCUT2D eigenvalue weighted by Gasteiger charge is -2.18. The molecule has 0 saturated carbocycles. The van der Waals surface area contributed by atoms with E-state index in [-0.39, 0.29) is 12.5 Å². The average molecular weight is 401 g/mol. The molecule has 1 aliphatic rings. The van der Waals surface area contributed by atoms with Crippen LogP contribution in [-0.4, -0.2) is 46.4 Å². The van der Waals surface area contributed by atoms with Crippen LogP contribution in [0.1, 0.15) is 17.7 Å². The summed E-state index contributed by atoms with van der Waals surface area (Å²) < 4.78 is 0. The number of aromatic nitrogens is 2. The molecule has 0 radical (unpaired) electrons. The number of para-hydroxylation sites is 2. The molecule has 1 aromatic heterocycles. The maximum atomic E-state index is 10.8. The van der Waals surface area contributed by atoms with Gasteiger partial charge in [-0.3, -0.25) is 14.8 Å². The van der Waals surface area contributed by atoms with Crippen LogP contribution >= 0.6 is 0 Å². The molecule has 0 amide bonds. The Morgan fingerprint density at radius 2 is 1.97 bits per heavy atom. The molecule has 1 saturated heterocycles. The maximum absolute atomic E-state index is 10.8. The molecule has 3 N–H and O–H groups in total. The first-order valence-corrected chi connectivity index (χ1v) is 9.85. The van der Waals surface area contributed by atoms with Gasteiger partial charge >= 0.3 is 5.97 Å². The number of hydrogen-bond donors (Lipinski definition) is 2.